The zero-order valence-corrected chi connectivity index (χ0v) is 20.9. The van der Waals surface area contributed by atoms with Crippen LogP contribution in [0.5, 0.6) is 0 Å². The van der Waals surface area contributed by atoms with Crippen LogP contribution in [0.1, 0.15) is 24.3 Å². The Kier molecular flexibility index (Phi) is 6.23. The molecular weight excluding hydrogens is 507 g/mol. The van der Waals surface area contributed by atoms with Crippen molar-refractivity contribution in [2.75, 3.05) is 7.11 Å². The zero-order chi connectivity index (χ0) is 24.7. The van der Waals surface area contributed by atoms with Gasteiger partial charge < -0.3 is 9.15 Å². The summed E-state index contributed by atoms with van der Waals surface area (Å²) in [6.07, 6.45) is 1.67. The largest absolute Gasteiger partial charge is 0.466 e. The van der Waals surface area contributed by atoms with E-state index in [9.17, 15) is 9.59 Å². The van der Waals surface area contributed by atoms with Crippen LogP contribution in [-0.4, -0.2) is 17.6 Å². The molecule has 0 amide bonds. The lowest BCUT2D eigenvalue weighted by molar-refractivity contribution is -0.136. The fourth-order valence-electron chi connectivity index (χ4n) is 4.01. The number of halogens is 2. The van der Waals surface area contributed by atoms with Gasteiger partial charge in [0.1, 0.15) is 11.5 Å². The molecule has 4 aromatic rings. The molecule has 0 bridgehead atoms. The second-order valence-corrected chi connectivity index (χ2v) is 9.64. The lowest BCUT2D eigenvalue weighted by Gasteiger charge is -2.24. The highest BCUT2D eigenvalue weighted by molar-refractivity contribution is 7.07. The molecule has 35 heavy (non-hydrogen) atoms. The first kappa shape index (κ1) is 23.4. The minimum absolute atomic E-state index is 0.274. The van der Waals surface area contributed by atoms with E-state index in [0.717, 1.165) is 11.1 Å². The van der Waals surface area contributed by atoms with E-state index in [2.05, 4.69) is 4.99 Å². The summed E-state index contributed by atoms with van der Waals surface area (Å²) < 4.78 is 12.9. The van der Waals surface area contributed by atoms with E-state index < -0.39 is 12.0 Å². The van der Waals surface area contributed by atoms with Gasteiger partial charge in [-0.25, -0.2) is 9.79 Å². The molecule has 0 N–H and O–H groups in total. The summed E-state index contributed by atoms with van der Waals surface area (Å²) >= 11 is 13.4. The number of carbonyl (C=O) groups excluding carboxylic acids is 1. The summed E-state index contributed by atoms with van der Waals surface area (Å²) in [6.45, 7) is 1.75. The van der Waals surface area contributed by atoms with Crippen LogP contribution in [0.2, 0.25) is 10.0 Å². The number of esters is 1. The number of furan rings is 1. The minimum Gasteiger partial charge on any atom is -0.466 e. The number of methoxy groups -OCH3 is 1. The first-order chi connectivity index (χ1) is 16.9. The molecule has 2 aromatic heterocycles. The van der Waals surface area contributed by atoms with Crippen molar-refractivity contribution in [1.29, 1.82) is 0 Å². The Bertz CT molecular complexity index is 1670. The number of thiazole rings is 1. The molecule has 0 fully saturated rings. The van der Waals surface area contributed by atoms with Crippen LogP contribution >= 0.6 is 34.5 Å². The van der Waals surface area contributed by atoms with Gasteiger partial charge in [-0.05, 0) is 42.8 Å². The van der Waals surface area contributed by atoms with Gasteiger partial charge in [-0.1, -0.05) is 64.9 Å². The molecule has 1 aliphatic rings. The van der Waals surface area contributed by atoms with Crippen molar-refractivity contribution >= 4 is 46.6 Å². The third kappa shape index (κ3) is 4.27. The van der Waals surface area contributed by atoms with Crippen molar-refractivity contribution in [3.63, 3.8) is 0 Å². The average Bonchev–Trinajstić information content (AvgIpc) is 3.44. The van der Waals surface area contributed by atoms with Gasteiger partial charge in [0, 0.05) is 11.6 Å². The van der Waals surface area contributed by atoms with E-state index in [0.29, 0.717) is 42.2 Å². The molecule has 5 rings (SSSR count). The first-order valence-corrected chi connectivity index (χ1v) is 12.2. The van der Waals surface area contributed by atoms with E-state index in [4.69, 9.17) is 32.4 Å². The van der Waals surface area contributed by atoms with Crippen molar-refractivity contribution < 1.29 is 13.9 Å². The molecule has 9 heteroatoms. The summed E-state index contributed by atoms with van der Waals surface area (Å²) in [5.41, 5.74) is 2.12. The summed E-state index contributed by atoms with van der Waals surface area (Å²) in [5.74, 6) is 0.566. The Hall–Kier alpha value is -3.39. The Morgan fingerprint density at radius 3 is 2.60 bits per heavy atom. The molecule has 2 aromatic carbocycles. The molecule has 6 nitrogen and oxygen atoms in total. The van der Waals surface area contributed by atoms with Crippen LogP contribution in [-0.2, 0) is 9.53 Å². The molecule has 0 saturated heterocycles. The Labute approximate surface area is 214 Å². The number of carbonyl (C=O) groups is 1. The Morgan fingerprint density at radius 2 is 1.89 bits per heavy atom. The Balaban J connectivity index is 1.63. The van der Waals surface area contributed by atoms with Crippen molar-refractivity contribution in [2.45, 2.75) is 13.0 Å². The van der Waals surface area contributed by atoms with E-state index in [-0.39, 0.29) is 5.56 Å². The van der Waals surface area contributed by atoms with Crippen LogP contribution in [0.25, 0.3) is 17.4 Å². The molecule has 0 radical (unpaired) electrons. The van der Waals surface area contributed by atoms with Gasteiger partial charge in [-0.15, -0.1) is 0 Å². The number of fused-ring (bicyclic) bond motifs is 1. The third-order valence-electron chi connectivity index (χ3n) is 5.65. The molecule has 1 aliphatic heterocycles. The average molecular weight is 525 g/mol. The fraction of sp³-hybridized carbons (Fsp3) is 0.115. The number of hydrogen-bond donors (Lipinski definition) is 0. The summed E-state index contributed by atoms with van der Waals surface area (Å²) in [6, 6.07) is 17.5. The topological polar surface area (TPSA) is 73.8 Å². The highest BCUT2D eigenvalue weighted by Crippen LogP contribution is 2.31. The van der Waals surface area contributed by atoms with Crippen molar-refractivity contribution in [3.05, 3.63) is 113 Å². The van der Waals surface area contributed by atoms with Crippen molar-refractivity contribution in [1.82, 2.24) is 4.57 Å². The van der Waals surface area contributed by atoms with E-state index in [1.807, 2.05) is 36.4 Å². The summed E-state index contributed by atoms with van der Waals surface area (Å²) in [7, 11) is 1.32. The normalized spacial score (nSPS) is 15.7. The summed E-state index contributed by atoms with van der Waals surface area (Å²) in [5, 5.41) is 0.881. The minimum atomic E-state index is -0.648. The van der Waals surface area contributed by atoms with Gasteiger partial charge in [0.15, 0.2) is 4.80 Å². The van der Waals surface area contributed by atoms with Gasteiger partial charge in [0.25, 0.3) is 5.56 Å². The van der Waals surface area contributed by atoms with Gasteiger partial charge in [-0.2, -0.15) is 0 Å². The molecule has 1 atom stereocenters. The van der Waals surface area contributed by atoms with Crippen LogP contribution in [0.15, 0.2) is 86.1 Å². The highest BCUT2D eigenvalue weighted by atomic mass is 35.5. The number of rotatable bonds is 4. The van der Waals surface area contributed by atoms with Crippen LogP contribution < -0.4 is 14.9 Å². The number of benzene rings is 2. The van der Waals surface area contributed by atoms with Crippen LogP contribution in [0.4, 0.5) is 0 Å². The molecule has 0 spiro atoms. The number of ether oxygens (including phenoxy) is 1. The molecule has 0 saturated carbocycles. The highest BCUT2D eigenvalue weighted by Gasteiger charge is 2.32. The smallest absolute Gasteiger partial charge is 0.338 e. The molecule has 3 heterocycles. The van der Waals surface area contributed by atoms with Crippen molar-refractivity contribution in [2.24, 2.45) is 4.99 Å². The number of nitrogens with zero attached hydrogens (tertiary/aromatic N) is 2. The first-order valence-electron chi connectivity index (χ1n) is 10.6. The lowest BCUT2D eigenvalue weighted by Crippen LogP contribution is -2.39. The number of allylic oxidation sites excluding steroid dienone is 1. The second kappa shape index (κ2) is 9.34. The monoisotopic (exact) mass is 524 g/mol. The maximum atomic E-state index is 13.6. The fourth-order valence-corrected chi connectivity index (χ4v) is 5.33. The van der Waals surface area contributed by atoms with Gasteiger partial charge in [-0.3, -0.25) is 9.36 Å². The van der Waals surface area contributed by atoms with Crippen molar-refractivity contribution in [3.8, 4) is 11.3 Å². The number of hydrogen-bond acceptors (Lipinski definition) is 6. The maximum Gasteiger partial charge on any atom is 0.338 e. The predicted octanol–water partition coefficient (Wildman–Crippen LogP) is 4.98. The maximum absolute atomic E-state index is 13.6. The van der Waals surface area contributed by atoms with Gasteiger partial charge >= 0.3 is 5.97 Å². The SMILES string of the molecule is COC(=O)C1=C(C)N=c2s/c(=C\c3ccc(-c4ccc(Cl)c(Cl)c4)o3)c(=O)n2[C@H]1c1ccccc1. The molecule has 0 unspecified atom stereocenters. The molecular formula is C26H18Cl2N2O4S. The standard InChI is InChI=1S/C26H18Cl2N2O4S/c1-14-22(25(32)33-2)23(15-6-4-3-5-7-15)30-24(31)21(35-26(30)29-14)13-17-9-11-20(34-17)16-8-10-18(27)19(28)12-16/h3-13,23H,1-2H3/b21-13-/t23-/m0/s1. The lowest BCUT2D eigenvalue weighted by atomic mass is 9.96. The zero-order valence-electron chi connectivity index (χ0n) is 18.6. The van der Waals surface area contributed by atoms with Crippen LogP contribution in [0, 0.1) is 0 Å². The van der Waals surface area contributed by atoms with Crippen LogP contribution in [0.3, 0.4) is 0 Å². The Morgan fingerprint density at radius 1 is 1.11 bits per heavy atom. The van der Waals surface area contributed by atoms with E-state index in [1.165, 1.54) is 23.0 Å². The number of aromatic nitrogens is 1. The summed E-state index contributed by atoms with van der Waals surface area (Å²) in [4.78, 5) is 31.3. The molecule has 176 valence electrons. The van der Waals surface area contributed by atoms with Gasteiger partial charge in [0.2, 0.25) is 0 Å². The quantitative estimate of drug-likeness (QED) is 0.353. The molecule has 0 aliphatic carbocycles. The van der Waals surface area contributed by atoms with E-state index >= 15 is 0 Å². The third-order valence-corrected chi connectivity index (χ3v) is 7.37. The second-order valence-electron chi connectivity index (χ2n) is 7.81. The van der Waals surface area contributed by atoms with E-state index in [1.54, 1.807) is 37.3 Å². The van der Waals surface area contributed by atoms with Gasteiger partial charge in [0.05, 0.1) is 39.0 Å². The predicted molar refractivity (Wildman–Crippen MR) is 136 cm³/mol.